The first kappa shape index (κ1) is 15.0. The van der Waals surface area contributed by atoms with Gasteiger partial charge in [0.25, 0.3) is 0 Å². The number of nitrogens with two attached hydrogens (primary N) is 1. The van der Waals surface area contributed by atoms with Crippen LogP contribution in [-0.2, 0) is 9.84 Å². The first-order valence-electron chi connectivity index (χ1n) is 6.52. The predicted molar refractivity (Wildman–Crippen MR) is 79.2 cm³/mol. The molecule has 1 heterocycles. The normalized spacial score (nSPS) is 16.0. The average Bonchev–Trinajstić information content (AvgIpc) is 3.19. The molecule has 4 N–H and O–H groups in total. The van der Waals surface area contributed by atoms with Gasteiger partial charge in [-0.15, -0.1) is 0 Å². The molecule has 0 unspecified atom stereocenters. The van der Waals surface area contributed by atoms with Crippen molar-refractivity contribution in [2.45, 2.75) is 37.4 Å². The average molecular weight is 299 g/mol. The van der Waals surface area contributed by atoms with Gasteiger partial charge in [-0.3, -0.25) is 0 Å². The molecule has 0 radical (unpaired) electrons. The second-order valence-corrected chi connectivity index (χ2v) is 8.45. The third-order valence-corrected chi connectivity index (χ3v) is 5.68. The Bertz CT molecular complexity index is 596. The second-order valence-electron chi connectivity index (χ2n) is 5.80. The van der Waals surface area contributed by atoms with E-state index in [1.807, 2.05) is 0 Å². The van der Waals surface area contributed by atoms with E-state index < -0.39 is 14.6 Å². The Morgan fingerprint density at radius 1 is 1.35 bits per heavy atom. The standard InChI is InChI=1S/C12H21N5O2S/c1-12(2,20(3,18)19)7-14-9-6-10(17-13)16-11(15-9)8-4-5-8/h6,8H,4-5,7,13H2,1-3H3,(H2,14,15,16,17). The Morgan fingerprint density at radius 3 is 2.45 bits per heavy atom. The molecule has 7 nitrogen and oxygen atoms in total. The number of hydrazine groups is 1. The van der Waals surface area contributed by atoms with E-state index >= 15 is 0 Å². The highest BCUT2D eigenvalue weighted by molar-refractivity contribution is 7.92. The van der Waals surface area contributed by atoms with Crippen molar-refractivity contribution in [2.75, 3.05) is 23.5 Å². The van der Waals surface area contributed by atoms with Crippen molar-refractivity contribution < 1.29 is 8.42 Å². The lowest BCUT2D eigenvalue weighted by molar-refractivity contribution is 0.559. The Labute approximate surface area is 119 Å². The Kier molecular flexibility index (Phi) is 3.88. The van der Waals surface area contributed by atoms with Crippen molar-refractivity contribution in [1.29, 1.82) is 0 Å². The summed E-state index contributed by atoms with van der Waals surface area (Å²) >= 11 is 0. The van der Waals surface area contributed by atoms with E-state index in [2.05, 4.69) is 20.7 Å². The topological polar surface area (TPSA) is 110 Å². The van der Waals surface area contributed by atoms with Gasteiger partial charge in [-0.2, -0.15) is 0 Å². The van der Waals surface area contributed by atoms with Crippen molar-refractivity contribution in [1.82, 2.24) is 9.97 Å². The summed E-state index contributed by atoms with van der Waals surface area (Å²) in [6.45, 7) is 3.64. The molecule has 0 saturated heterocycles. The molecule has 1 aliphatic rings. The van der Waals surface area contributed by atoms with E-state index in [1.165, 1.54) is 6.26 Å². The SMILES string of the molecule is CC(C)(CNc1cc(NN)nc(C2CC2)n1)S(C)(=O)=O. The molecule has 1 aromatic heterocycles. The van der Waals surface area contributed by atoms with Crippen LogP contribution in [0.4, 0.5) is 11.6 Å². The van der Waals surface area contributed by atoms with Gasteiger partial charge in [0.1, 0.15) is 17.5 Å². The maximum absolute atomic E-state index is 11.7. The summed E-state index contributed by atoms with van der Waals surface area (Å²) in [5.74, 6) is 7.66. The molecule has 8 heteroatoms. The number of anilines is 2. The quantitative estimate of drug-likeness (QED) is 0.528. The Morgan fingerprint density at radius 2 is 1.95 bits per heavy atom. The van der Waals surface area contributed by atoms with Gasteiger partial charge in [-0.25, -0.2) is 24.2 Å². The fourth-order valence-corrected chi connectivity index (χ4v) is 1.92. The van der Waals surface area contributed by atoms with Crippen LogP contribution in [0.15, 0.2) is 6.07 Å². The third-order valence-electron chi connectivity index (χ3n) is 3.53. The molecule has 0 bridgehead atoms. The Hall–Kier alpha value is -1.41. The molecule has 2 rings (SSSR count). The van der Waals surface area contributed by atoms with Gasteiger partial charge in [0.05, 0.1) is 4.75 Å². The minimum absolute atomic E-state index is 0.275. The van der Waals surface area contributed by atoms with Gasteiger partial charge in [0, 0.05) is 24.8 Å². The summed E-state index contributed by atoms with van der Waals surface area (Å²) in [6.07, 6.45) is 3.40. The van der Waals surface area contributed by atoms with Crippen molar-refractivity contribution >= 4 is 21.5 Å². The van der Waals surface area contributed by atoms with Crippen LogP contribution < -0.4 is 16.6 Å². The third kappa shape index (κ3) is 3.37. The second kappa shape index (κ2) is 5.17. The summed E-state index contributed by atoms with van der Waals surface area (Å²) in [6, 6.07) is 1.67. The Balaban J connectivity index is 2.15. The molecule has 0 atom stereocenters. The monoisotopic (exact) mass is 299 g/mol. The lowest BCUT2D eigenvalue weighted by Crippen LogP contribution is -2.38. The molecule has 0 aromatic carbocycles. The smallest absolute Gasteiger partial charge is 0.154 e. The van der Waals surface area contributed by atoms with Crippen LogP contribution in [0.5, 0.6) is 0 Å². The largest absolute Gasteiger partial charge is 0.368 e. The molecule has 0 aliphatic heterocycles. The van der Waals surface area contributed by atoms with Crippen LogP contribution in [0, 0.1) is 0 Å². The molecule has 1 aliphatic carbocycles. The highest BCUT2D eigenvalue weighted by atomic mass is 32.2. The summed E-state index contributed by atoms with van der Waals surface area (Å²) in [5, 5.41) is 3.06. The fraction of sp³-hybridized carbons (Fsp3) is 0.667. The van der Waals surface area contributed by atoms with E-state index in [0.29, 0.717) is 17.6 Å². The number of hydrogen-bond acceptors (Lipinski definition) is 7. The number of sulfone groups is 1. The van der Waals surface area contributed by atoms with E-state index in [-0.39, 0.29) is 6.54 Å². The van der Waals surface area contributed by atoms with Gasteiger partial charge in [-0.05, 0) is 26.7 Å². The van der Waals surface area contributed by atoms with E-state index in [0.717, 1.165) is 18.7 Å². The maximum atomic E-state index is 11.7. The fourth-order valence-electron chi connectivity index (χ4n) is 1.59. The number of rotatable bonds is 6. The van der Waals surface area contributed by atoms with Crippen molar-refractivity contribution in [3.05, 3.63) is 11.9 Å². The van der Waals surface area contributed by atoms with E-state index in [1.54, 1.807) is 19.9 Å². The van der Waals surface area contributed by atoms with E-state index in [9.17, 15) is 8.42 Å². The van der Waals surface area contributed by atoms with Gasteiger partial charge < -0.3 is 10.7 Å². The molecule has 1 aromatic rings. The van der Waals surface area contributed by atoms with Gasteiger partial charge in [-0.1, -0.05) is 0 Å². The van der Waals surface area contributed by atoms with E-state index in [4.69, 9.17) is 5.84 Å². The first-order valence-corrected chi connectivity index (χ1v) is 8.41. The highest BCUT2D eigenvalue weighted by Crippen LogP contribution is 2.38. The molecule has 20 heavy (non-hydrogen) atoms. The van der Waals surface area contributed by atoms with Crippen LogP contribution in [0.25, 0.3) is 0 Å². The zero-order valence-electron chi connectivity index (χ0n) is 12.0. The highest BCUT2D eigenvalue weighted by Gasteiger charge is 2.31. The van der Waals surface area contributed by atoms with Crippen LogP contribution in [0.3, 0.4) is 0 Å². The van der Waals surface area contributed by atoms with Crippen molar-refractivity contribution in [3.8, 4) is 0 Å². The number of nitrogens with one attached hydrogen (secondary N) is 2. The zero-order chi connectivity index (χ0) is 15.0. The predicted octanol–water partition coefficient (Wildman–Crippen LogP) is 0.875. The van der Waals surface area contributed by atoms with Crippen LogP contribution in [0.2, 0.25) is 0 Å². The van der Waals surface area contributed by atoms with Crippen molar-refractivity contribution in [2.24, 2.45) is 5.84 Å². The minimum Gasteiger partial charge on any atom is -0.368 e. The first-order chi connectivity index (χ1) is 9.23. The molecular weight excluding hydrogens is 278 g/mol. The van der Waals surface area contributed by atoms with Crippen LogP contribution >= 0.6 is 0 Å². The summed E-state index contributed by atoms with van der Waals surface area (Å²) in [4.78, 5) is 8.72. The van der Waals surface area contributed by atoms with Crippen LogP contribution in [0.1, 0.15) is 38.4 Å². The number of aromatic nitrogens is 2. The minimum atomic E-state index is -3.15. The van der Waals surface area contributed by atoms with Gasteiger partial charge >= 0.3 is 0 Å². The zero-order valence-corrected chi connectivity index (χ0v) is 12.8. The molecular formula is C12H21N5O2S. The molecule has 0 spiro atoms. The summed E-state index contributed by atoms with van der Waals surface area (Å²) in [7, 11) is -3.15. The maximum Gasteiger partial charge on any atom is 0.154 e. The van der Waals surface area contributed by atoms with Gasteiger partial charge in [0.15, 0.2) is 9.84 Å². The van der Waals surface area contributed by atoms with Crippen LogP contribution in [-0.4, -0.2) is 35.9 Å². The summed E-state index contributed by atoms with van der Waals surface area (Å²) < 4.78 is 22.5. The lowest BCUT2D eigenvalue weighted by atomic mass is 10.2. The molecule has 1 fully saturated rings. The summed E-state index contributed by atoms with van der Waals surface area (Å²) in [5.41, 5.74) is 2.51. The lowest BCUT2D eigenvalue weighted by Gasteiger charge is -2.23. The number of nitrogens with zero attached hydrogens (tertiary/aromatic N) is 2. The molecule has 0 amide bonds. The number of nitrogen functional groups attached to an aromatic ring is 1. The molecule has 112 valence electrons. The number of hydrogen-bond donors (Lipinski definition) is 3. The molecule has 1 saturated carbocycles. The van der Waals surface area contributed by atoms with Gasteiger partial charge in [0.2, 0.25) is 0 Å². The van der Waals surface area contributed by atoms with Crippen molar-refractivity contribution in [3.63, 3.8) is 0 Å².